The van der Waals surface area contributed by atoms with Crippen molar-refractivity contribution in [2.24, 2.45) is 5.10 Å². The van der Waals surface area contributed by atoms with Gasteiger partial charge in [-0.05, 0) is 18.6 Å². The molecule has 0 saturated carbocycles. The van der Waals surface area contributed by atoms with E-state index < -0.39 is 16.4 Å². The van der Waals surface area contributed by atoms with Crippen LogP contribution in [0.15, 0.2) is 58.0 Å². The summed E-state index contributed by atoms with van der Waals surface area (Å²) in [4.78, 5) is 28.4. The van der Waals surface area contributed by atoms with Crippen LogP contribution in [0.5, 0.6) is 11.5 Å². The molecule has 0 aliphatic heterocycles. The second-order valence-electron chi connectivity index (χ2n) is 6.68. The molecule has 0 aliphatic carbocycles. The maximum atomic E-state index is 13.1. The van der Waals surface area contributed by atoms with Gasteiger partial charge in [-0.25, -0.2) is 4.98 Å². The van der Waals surface area contributed by atoms with Gasteiger partial charge in [0.2, 0.25) is 5.75 Å². The first kappa shape index (κ1) is 20.2. The van der Waals surface area contributed by atoms with E-state index in [1.165, 1.54) is 37.1 Å². The number of ether oxygens (including phenoxy) is 1. The highest BCUT2D eigenvalue weighted by Gasteiger charge is 2.19. The van der Waals surface area contributed by atoms with Crippen LogP contribution in [0.4, 0.5) is 5.69 Å². The summed E-state index contributed by atoms with van der Waals surface area (Å²) in [6, 6.07) is 10.3. The van der Waals surface area contributed by atoms with Gasteiger partial charge in [-0.2, -0.15) is 9.78 Å². The van der Waals surface area contributed by atoms with Crippen molar-refractivity contribution in [2.45, 2.75) is 6.92 Å². The van der Waals surface area contributed by atoms with Gasteiger partial charge in [-0.1, -0.05) is 29.8 Å². The molecule has 10 heteroatoms. The third-order valence-electron chi connectivity index (χ3n) is 4.67. The van der Waals surface area contributed by atoms with Crippen molar-refractivity contribution >= 4 is 33.5 Å². The fourth-order valence-electron chi connectivity index (χ4n) is 3.06. The Labute approximate surface area is 179 Å². The number of nitrogens with zero attached hydrogens (tertiary/aromatic N) is 4. The van der Waals surface area contributed by atoms with E-state index in [0.717, 1.165) is 27.4 Å². The molecular formula is C21H16N4O5S. The van der Waals surface area contributed by atoms with Crippen molar-refractivity contribution in [1.82, 2.24) is 9.66 Å². The highest BCUT2D eigenvalue weighted by atomic mass is 32.1. The number of nitro benzene ring substituents is 1. The van der Waals surface area contributed by atoms with Gasteiger partial charge in [0.1, 0.15) is 11.2 Å². The molecule has 2 aromatic carbocycles. The molecule has 31 heavy (non-hydrogen) atoms. The number of phenolic OH excluding ortho intramolecular Hbond substituents is 1. The van der Waals surface area contributed by atoms with Crippen LogP contribution in [-0.2, 0) is 0 Å². The fraction of sp³-hybridized carbons (Fsp3) is 0.0952. The summed E-state index contributed by atoms with van der Waals surface area (Å²) in [7, 11) is 1.28. The summed E-state index contributed by atoms with van der Waals surface area (Å²) in [5, 5.41) is 27.5. The Morgan fingerprint density at radius 3 is 2.71 bits per heavy atom. The van der Waals surface area contributed by atoms with Crippen molar-refractivity contribution in [3.05, 3.63) is 79.7 Å². The molecule has 156 valence electrons. The van der Waals surface area contributed by atoms with Crippen molar-refractivity contribution < 1.29 is 14.8 Å². The SMILES string of the molecule is COc1cc(C=Nn2cnc3scc(-c4ccc(C)cc4)c3c2=O)cc([N+](=O)[O-])c1O. The summed E-state index contributed by atoms with van der Waals surface area (Å²) in [5.41, 5.74) is 2.17. The minimum absolute atomic E-state index is 0.0731. The zero-order chi connectivity index (χ0) is 22.1. The molecule has 0 saturated heterocycles. The molecule has 0 aliphatic rings. The average Bonchev–Trinajstić information content (AvgIpc) is 3.19. The molecule has 4 rings (SSSR count). The third-order valence-corrected chi connectivity index (χ3v) is 5.55. The van der Waals surface area contributed by atoms with Crippen LogP contribution >= 0.6 is 11.3 Å². The van der Waals surface area contributed by atoms with Gasteiger partial charge in [0, 0.05) is 22.6 Å². The van der Waals surface area contributed by atoms with E-state index >= 15 is 0 Å². The predicted molar refractivity (Wildman–Crippen MR) is 118 cm³/mol. The van der Waals surface area contributed by atoms with E-state index in [9.17, 15) is 20.0 Å². The Morgan fingerprint density at radius 2 is 2.03 bits per heavy atom. The Balaban J connectivity index is 1.79. The second-order valence-corrected chi connectivity index (χ2v) is 7.54. The van der Waals surface area contributed by atoms with Gasteiger partial charge in [0.25, 0.3) is 5.56 Å². The molecule has 0 amide bonds. The first-order chi connectivity index (χ1) is 14.9. The number of aromatic nitrogens is 2. The van der Waals surface area contributed by atoms with E-state index in [0.29, 0.717) is 10.2 Å². The van der Waals surface area contributed by atoms with Crippen molar-refractivity contribution in [2.75, 3.05) is 7.11 Å². The Bertz CT molecular complexity index is 1390. The van der Waals surface area contributed by atoms with Gasteiger partial charge < -0.3 is 9.84 Å². The molecule has 0 unspecified atom stereocenters. The van der Waals surface area contributed by atoms with Crippen LogP contribution in [-0.4, -0.2) is 33.0 Å². The van der Waals surface area contributed by atoms with Gasteiger partial charge in [0.05, 0.1) is 23.6 Å². The number of aryl methyl sites for hydroxylation is 1. The molecule has 4 aromatic rings. The first-order valence-electron chi connectivity index (χ1n) is 9.04. The quantitative estimate of drug-likeness (QED) is 0.287. The lowest BCUT2D eigenvalue weighted by Gasteiger charge is -2.05. The smallest absolute Gasteiger partial charge is 0.315 e. The van der Waals surface area contributed by atoms with Crippen LogP contribution < -0.4 is 10.3 Å². The molecule has 2 heterocycles. The van der Waals surface area contributed by atoms with Gasteiger partial charge >= 0.3 is 5.69 Å². The Hall–Kier alpha value is -4.05. The maximum absolute atomic E-state index is 13.1. The first-order valence-corrected chi connectivity index (χ1v) is 9.92. The molecule has 2 aromatic heterocycles. The second kappa shape index (κ2) is 8.00. The van der Waals surface area contributed by atoms with Crippen LogP contribution in [0, 0.1) is 17.0 Å². The number of phenols is 1. The summed E-state index contributed by atoms with van der Waals surface area (Å²) in [6.45, 7) is 1.99. The highest BCUT2D eigenvalue weighted by Crippen LogP contribution is 2.36. The van der Waals surface area contributed by atoms with Crippen LogP contribution in [0.2, 0.25) is 0 Å². The number of nitro groups is 1. The number of hydrogen-bond donors (Lipinski definition) is 1. The van der Waals surface area contributed by atoms with E-state index in [1.54, 1.807) is 0 Å². The van der Waals surface area contributed by atoms with Crippen molar-refractivity contribution in [1.29, 1.82) is 0 Å². The van der Waals surface area contributed by atoms with Gasteiger partial charge in [-0.3, -0.25) is 14.9 Å². The molecule has 1 N–H and O–H groups in total. The zero-order valence-electron chi connectivity index (χ0n) is 16.5. The largest absolute Gasteiger partial charge is 0.500 e. The maximum Gasteiger partial charge on any atom is 0.315 e. The lowest BCUT2D eigenvalue weighted by molar-refractivity contribution is -0.386. The highest BCUT2D eigenvalue weighted by molar-refractivity contribution is 7.17. The Kier molecular flexibility index (Phi) is 5.22. The molecule has 0 atom stereocenters. The summed E-state index contributed by atoms with van der Waals surface area (Å²) in [6.07, 6.45) is 2.56. The van der Waals surface area contributed by atoms with Gasteiger partial charge in [0.15, 0.2) is 5.75 Å². The molecule has 0 spiro atoms. The number of hydrogen-bond acceptors (Lipinski definition) is 8. The van der Waals surface area contributed by atoms with Crippen LogP contribution in [0.3, 0.4) is 0 Å². The number of benzene rings is 2. The van der Waals surface area contributed by atoms with Crippen molar-refractivity contribution in [3.63, 3.8) is 0 Å². The lowest BCUT2D eigenvalue weighted by atomic mass is 10.1. The van der Waals surface area contributed by atoms with E-state index in [-0.39, 0.29) is 16.9 Å². The number of fused-ring (bicyclic) bond motifs is 1. The summed E-state index contributed by atoms with van der Waals surface area (Å²) in [5.74, 6) is -0.651. The molecule has 0 radical (unpaired) electrons. The molecule has 9 nitrogen and oxygen atoms in total. The topological polar surface area (TPSA) is 120 Å². The summed E-state index contributed by atoms with van der Waals surface area (Å²) >= 11 is 1.37. The van der Waals surface area contributed by atoms with Crippen LogP contribution in [0.1, 0.15) is 11.1 Å². The number of thiophene rings is 1. The zero-order valence-corrected chi connectivity index (χ0v) is 17.3. The van der Waals surface area contributed by atoms with E-state index in [1.807, 2.05) is 36.6 Å². The number of aromatic hydroxyl groups is 1. The third kappa shape index (κ3) is 3.76. The van der Waals surface area contributed by atoms with Gasteiger partial charge in [-0.15, -0.1) is 11.3 Å². The average molecular weight is 436 g/mol. The van der Waals surface area contributed by atoms with Crippen molar-refractivity contribution in [3.8, 4) is 22.6 Å². The number of methoxy groups -OCH3 is 1. The summed E-state index contributed by atoms with van der Waals surface area (Å²) < 4.78 is 6.04. The Morgan fingerprint density at radius 1 is 1.29 bits per heavy atom. The van der Waals surface area contributed by atoms with E-state index in [2.05, 4.69) is 10.1 Å². The molecule has 0 fully saturated rings. The normalized spacial score (nSPS) is 11.3. The lowest BCUT2D eigenvalue weighted by Crippen LogP contribution is -2.16. The molecular weight excluding hydrogens is 420 g/mol. The van der Waals surface area contributed by atoms with Crippen LogP contribution in [0.25, 0.3) is 21.3 Å². The number of rotatable bonds is 5. The minimum Gasteiger partial charge on any atom is -0.500 e. The monoisotopic (exact) mass is 436 g/mol. The fourth-order valence-corrected chi connectivity index (χ4v) is 3.97. The van der Waals surface area contributed by atoms with E-state index in [4.69, 9.17) is 4.74 Å². The molecule has 0 bridgehead atoms. The predicted octanol–water partition coefficient (Wildman–Crippen LogP) is 3.94. The standard InChI is InChI=1S/C21H16N4O5S/c1-12-3-5-14(6-4-12)15-10-31-20-18(15)21(27)24(11-22-20)23-9-13-7-16(25(28)29)19(26)17(8-13)30-2/h3-11,26H,1-2H3. The minimum atomic E-state index is -0.728.